The van der Waals surface area contributed by atoms with E-state index >= 15 is 0 Å². The predicted octanol–water partition coefficient (Wildman–Crippen LogP) is 3.78. The molecule has 1 saturated heterocycles. The number of hydrogen-bond acceptors (Lipinski definition) is 1. The van der Waals surface area contributed by atoms with Gasteiger partial charge in [-0.15, -0.1) is 0 Å². The summed E-state index contributed by atoms with van der Waals surface area (Å²) < 4.78 is 1.05. The highest BCUT2D eigenvalue weighted by molar-refractivity contribution is 9.10. The highest BCUT2D eigenvalue weighted by Crippen LogP contribution is 2.23. The molecule has 1 aliphatic heterocycles. The molecule has 0 aromatic heterocycles. The normalized spacial score (nSPS) is 24.1. The number of nitrogens with zero attached hydrogens (tertiary/aromatic N) is 1. The van der Waals surface area contributed by atoms with Gasteiger partial charge in [-0.05, 0) is 50.8 Å². The summed E-state index contributed by atoms with van der Waals surface area (Å²) in [4.78, 5) is 14.5. The molecule has 1 aliphatic rings. The summed E-state index contributed by atoms with van der Waals surface area (Å²) in [6.07, 6.45) is 4.03. The van der Waals surface area contributed by atoms with Gasteiger partial charge in [0, 0.05) is 16.6 Å². The van der Waals surface area contributed by atoms with Crippen molar-refractivity contribution in [3.05, 3.63) is 34.3 Å². The number of carbonyl (C=O) groups excluding carboxylic acids is 1. The van der Waals surface area contributed by atoms with Crippen LogP contribution in [-0.4, -0.2) is 22.9 Å². The number of piperidine rings is 1. The zero-order valence-electron chi connectivity index (χ0n) is 11.0. The lowest BCUT2D eigenvalue weighted by molar-refractivity contribution is -0.136. The lowest BCUT2D eigenvalue weighted by atomic mass is 9.96. The van der Waals surface area contributed by atoms with E-state index in [1.54, 1.807) is 0 Å². The molecular formula is C15H20BrNO. The molecule has 2 rings (SSSR count). The summed E-state index contributed by atoms with van der Waals surface area (Å²) in [6.45, 7) is 4.32. The Balaban J connectivity index is 2.04. The summed E-state index contributed by atoms with van der Waals surface area (Å²) in [6, 6.07) is 8.79. The van der Waals surface area contributed by atoms with E-state index in [0.29, 0.717) is 18.5 Å². The maximum atomic E-state index is 12.4. The van der Waals surface area contributed by atoms with Crippen LogP contribution in [0, 0.1) is 0 Å². The van der Waals surface area contributed by atoms with Crippen LogP contribution in [0.4, 0.5) is 0 Å². The largest absolute Gasteiger partial charge is 0.337 e. The second-order valence-corrected chi connectivity index (χ2v) is 6.15. The first kappa shape index (κ1) is 13.6. The van der Waals surface area contributed by atoms with Crippen molar-refractivity contribution in [2.24, 2.45) is 0 Å². The van der Waals surface area contributed by atoms with Crippen LogP contribution >= 0.6 is 15.9 Å². The minimum absolute atomic E-state index is 0.261. The van der Waals surface area contributed by atoms with Crippen molar-refractivity contribution in [2.45, 2.75) is 51.6 Å². The molecule has 1 heterocycles. The topological polar surface area (TPSA) is 20.3 Å². The average molecular weight is 310 g/mol. The monoisotopic (exact) mass is 309 g/mol. The second kappa shape index (κ2) is 5.87. The van der Waals surface area contributed by atoms with Crippen LogP contribution < -0.4 is 0 Å². The number of rotatable bonds is 2. The van der Waals surface area contributed by atoms with Crippen molar-refractivity contribution in [1.82, 2.24) is 4.90 Å². The lowest BCUT2D eigenvalue weighted by Crippen LogP contribution is -2.48. The summed E-state index contributed by atoms with van der Waals surface area (Å²) in [7, 11) is 0. The zero-order chi connectivity index (χ0) is 13.1. The predicted molar refractivity (Wildman–Crippen MR) is 77.5 cm³/mol. The Morgan fingerprint density at radius 2 is 1.78 bits per heavy atom. The molecule has 18 heavy (non-hydrogen) atoms. The molecule has 0 saturated carbocycles. The number of carbonyl (C=O) groups is 1. The minimum atomic E-state index is 0.261. The van der Waals surface area contributed by atoms with Crippen molar-refractivity contribution in [3.63, 3.8) is 0 Å². The van der Waals surface area contributed by atoms with Crippen LogP contribution in [-0.2, 0) is 11.2 Å². The van der Waals surface area contributed by atoms with Gasteiger partial charge in [-0.1, -0.05) is 28.1 Å². The fraction of sp³-hybridized carbons (Fsp3) is 0.533. The van der Waals surface area contributed by atoms with Crippen molar-refractivity contribution in [1.29, 1.82) is 0 Å². The van der Waals surface area contributed by atoms with Crippen LogP contribution in [0.25, 0.3) is 0 Å². The summed E-state index contributed by atoms with van der Waals surface area (Å²) in [5.41, 5.74) is 1.09. The highest BCUT2D eigenvalue weighted by atomic mass is 79.9. The van der Waals surface area contributed by atoms with Gasteiger partial charge in [0.25, 0.3) is 0 Å². The Hall–Kier alpha value is -0.830. The second-order valence-electron chi connectivity index (χ2n) is 5.23. The van der Waals surface area contributed by atoms with E-state index in [4.69, 9.17) is 0 Å². The number of hydrogen-bond donors (Lipinski definition) is 0. The van der Waals surface area contributed by atoms with Crippen LogP contribution in [0.5, 0.6) is 0 Å². The SMILES string of the molecule is CC1CCCC(C)N1C(=O)Cc1ccc(Br)cc1. The lowest BCUT2D eigenvalue weighted by Gasteiger charge is -2.39. The summed E-state index contributed by atoms with van der Waals surface area (Å²) in [5.74, 6) is 0.261. The van der Waals surface area contributed by atoms with Crippen molar-refractivity contribution >= 4 is 21.8 Å². The first-order valence-electron chi connectivity index (χ1n) is 6.63. The van der Waals surface area contributed by atoms with Gasteiger partial charge < -0.3 is 4.90 Å². The van der Waals surface area contributed by atoms with Crippen LogP contribution in [0.3, 0.4) is 0 Å². The van der Waals surface area contributed by atoms with Crippen molar-refractivity contribution in [2.75, 3.05) is 0 Å². The number of likely N-dealkylation sites (tertiary alicyclic amines) is 1. The summed E-state index contributed by atoms with van der Waals surface area (Å²) >= 11 is 3.41. The number of amides is 1. The van der Waals surface area contributed by atoms with E-state index in [0.717, 1.165) is 22.9 Å². The third-order valence-corrected chi connectivity index (χ3v) is 4.28. The van der Waals surface area contributed by atoms with Gasteiger partial charge in [0.05, 0.1) is 6.42 Å². The number of benzene rings is 1. The van der Waals surface area contributed by atoms with Crippen LogP contribution in [0.15, 0.2) is 28.7 Å². The van der Waals surface area contributed by atoms with E-state index in [1.165, 1.54) is 6.42 Å². The molecular weight excluding hydrogens is 290 g/mol. The van der Waals surface area contributed by atoms with Crippen molar-refractivity contribution < 1.29 is 4.79 Å². The van der Waals surface area contributed by atoms with Gasteiger partial charge in [0.15, 0.2) is 0 Å². The Morgan fingerprint density at radius 1 is 1.22 bits per heavy atom. The van der Waals surface area contributed by atoms with Gasteiger partial charge in [-0.3, -0.25) is 4.79 Å². The quantitative estimate of drug-likeness (QED) is 0.814. The third-order valence-electron chi connectivity index (χ3n) is 3.75. The van der Waals surface area contributed by atoms with Gasteiger partial charge in [0.2, 0.25) is 5.91 Å². The maximum absolute atomic E-state index is 12.4. The molecule has 0 N–H and O–H groups in total. The zero-order valence-corrected chi connectivity index (χ0v) is 12.6. The average Bonchev–Trinajstić information content (AvgIpc) is 2.32. The molecule has 0 aliphatic carbocycles. The molecule has 0 bridgehead atoms. The first-order chi connectivity index (χ1) is 8.58. The molecule has 0 spiro atoms. The Labute approximate surface area is 117 Å². The van der Waals surface area contributed by atoms with Gasteiger partial charge in [0.1, 0.15) is 0 Å². The molecule has 2 unspecified atom stereocenters. The molecule has 2 atom stereocenters. The molecule has 0 radical (unpaired) electrons. The molecule has 98 valence electrons. The highest BCUT2D eigenvalue weighted by Gasteiger charge is 2.28. The van der Waals surface area contributed by atoms with Crippen molar-refractivity contribution in [3.8, 4) is 0 Å². The Morgan fingerprint density at radius 3 is 2.33 bits per heavy atom. The van der Waals surface area contributed by atoms with Gasteiger partial charge >= 0.3 is 0 Å². The number of halogens is 1. The summed E-state index contributed by atoms with van der Waals surface area (Å²) in [5, 5.41) is 0. The maximum Gasteiger partial charge on any atom is 0.227 e. The van der Waals surface area contributed by atoms with E-state index in [2.05, 4.69) is 34.7 Å². The van der Waals surface area contributed by atoms with E-state index in [1.807, 2.05) is 24.3 Å². The smallest absolute Gasteiger partial charge is 0.227 e. The third kappa shape index (κ3) is 3.14. The standard InChI is InChI=1S/C15H20BrNO/c1-11-4-3-5-12(2)17(11)15(18)10-13-6-8-14(16)9-7-13/h6-9,11-12H,3-5,10H2,1-2H3. The van der Waals surface area contributed by atoms with E-state index < -0.39 is 0 Å². The fourth-order valence-electron chi connectivity index (χ4n) is 2.78. The van der Waals surface area contributed by atoms with E-state index in [-0.39, 0.29) is 5.91 Å². The molecule has 1 fully saturated rings. The Bertz CT molecular complexity index is 405. The van der Waals surface area contributed by atoms with E-state index in [9.17, 15) is 4.79 Å². The fourth-order valence-corrected chi connectivity index (χ4v) is 3.05. The molecule has 1 aromatic carbocycles. The van der Waals surface area contributed by atoms with Gasteiger partial charge in [-0.2, -0.15) is 0 Å². The Kier molecular flexibility index (Phi) is 4.44. The molecule has 3 heteroatoms. The van der Waals surface area contributed by atoms with Crippen LogP contribution in [0.2, 0.25) is 0 Å². The van der Waals surface area contributed by atoms with Crippen LogP contribution in [0.1, 0.15) is 38.7 Å². The molecule has 1 amide bonds. The first-order valence-corrected chi connectivity index (χ1v) is 7.43. The van der Waals surface area contributed by atoms with Gasteiger partial charge in [-0.25, -0.2) is 0 Å². The molecule has 1 aromatic rings. The minimum Gasteiger partial charge on any atom is -0.337 e. The molecule has 2 nitrogen and oxygen atoms in total.